The zero-order valence-electron chi connectivity index (χ0n) is 14.9. The number of carbonyl (C=O) groups excluding carboxylic acids is 2. The lowest BCUT2D eigenvalue weighted by Crippen LogP contribution is -2.51. The Hall–Kier alpha value is -2.46. The van der Waals surface area contributed by atoms with Crippen LogP contribution >= 0.6 is 0 Å². The molecule has 2 atom stereocenters. The Kier molecular flexibility index (Phi) is 7.28. The van der Waals surface area contributed by atoms with Gasteiger partial charge in [0, 0.05) is 12.6 Å². The molecule has 0 bridgehead atoms. The van der Waals surface area contributed by atoms with Crippen molar-refractivity contribution in [3.8, 4) is 0 Å². The van der Waals surface area contributed by atoms with Crippen LogP contribution in [-0.2, 0) is 24.4 Å². The molecule has 0 heterocycles. The zero-order valence-corrected chi connectivity index (χ0v) is 15.8. The van der Waals surface area contributed by atoms with Crippen molar-refractivity contribution in [3.63, 3.8) is 0 Å². The molecule has 1 aromatic rings. The smallest absolute Gasteiger partial charge is 0.326 e. The zero-order chi connectivity index (χ0) is 20.1. The molecule has 2 amide bonds. The molecule has 4 N–H and O–H groups in total. The molecule has 144 valence electrons. The Balaban J connectivity index is 2.83. The number of carbonyl (C=O) groups is 3. The number of hydrogen-bond donors (Lipinski definition) is 4. The van der Waals surface area contributed by atoms with E-state index in [0.29, 0.717) is 5.69 Å². The van der Waals surface area contributed by atoms with E-state index in [4.69, 9.17) is 5.11 Å². The Bertz CT molecular complexity index is 774. The lowest BCUT2D eigenvalue weighted by Gasteiger charge is -2.21. The van der Waals surface area contributed by atoms with Crippen LogP contribution < -0.4 is 15.4 Å². The molecule has 26 heavy (non-hydrogen) atoms. The normalized spacial score (nSPS) is 13.7. The van der Waals surface area contributed by atoms with Crippen molar-refractivity contribution >= 4 is 33.5 Å². The highest BCUT2D eigenvalue weighted by Gasteiger charge is 2.28. The van der Waals surface area contributed by atoms with Crippen LogP contribution in [0.4, 0.5) is 5.69 Å². The van der Waals surface area contributed by atoms with E-state index in [2.05, 4.69) is 15.4 Å². The largest absolute Gasteiger partial charge is 0.480 e. The van der Waals surface area contributed by atoms with Gasteiger partial charge in [0.2, 0.25) is 21.8 Å². The topological polar surface area (TPSA) is 142 Å². The van der Waals surface area contributed by atoms with Crippen LogP contribution in [0.3, 0.4) is 0 Å². The van der Waals surface area contributed by atoms with Gasteiger partial charge in [0.25, 0.3) is 0 Å². The monoisotopic (exact) mass is 385 g/mol. The Morgan fingerprint density at radius 1 is 1.04 bits per heavy atom. The van der Waals surface area contributed by atoms with Crippen LogP contribution in [0.5, 0.6) is 0 Å². The second kappa shape index (κ2) is 8.77. The van der Waals surface area contributed by atoms with Crippen molar-refractivity contribution in [3.05, 3.63) is 24.3 Å². The lowest BCUT2D eigenvalue weighted by atomic mass is 10.0. The first-order chi connectivity index (χ1) is 11.9. The summed E-state index contributed by atoms with van der Waals surface area (Å²) in [6.45, 7) is 5.90. The van der Waals surface area contributed by atoms with Gasteiger partial charge in [0.05, 0.1) is 10.9 Å². The summed E-state index contributed by atoms with van der Waals surface area (Å²) in [6, 6.07) is 3.11. The van der Waals surface area contributed by atoms with Crippen molar-refractivity contribution in [1.29, 1.82) is 0 Å². The quantitative estimate of drug-likeness (QED) is 0.514. The van der Waals surface area contributed by atoms with Gasteiger partial charge in [-0.15, -0.1) is 0 Å². The molecule has 0 aromatic heterocycles. The van der Waals surface area contributed by atoms with Gasteiger partial charge < -0.3 is 15.7 Å². The second-order valence-electron chi connectivity index (χ2n) is 6.12. The molecule has 0 radical (unpaired) electrons. The third kappa shape index (κ3) is 6.12. The minimum Gasteiger partial charge on any atom is -0.480 e. The van der Waals surface area contributed by atoms with Crippen molar-refractivity contribution in [2.75, 3.05) is 5.32 Å². The van der Waals surface area contributed by atoms with E-state index >= 15 is 0 Å². The summed E-state index contributed by atoms with van der Waals surface area (Å²) in [4.78, 5) is 34.1. The molecule has 1 unspecified atom stereocenters. The summed E-state index contributed by atoms with van der Waals surface area (Å²) >= 11 is 0. The summed E-state index contributed by atoms with van der Waals surface area (Å²) in [5.41, 5.74) is 0.434. The molecular weight excluding hydrogens is 362 g/mol. The Morgan fingerprint density at radius 2 is 1.58 bits per heavy atom. The highest BCUT2D eigenvalue weighted by Crippen LogP contribution is 2.14. The number of carboxylic acid groups (broad SMARTS) is 1. The van der Waals surface area contributed by atoms with Crippen LogP contribution in [0.25, 0.3) is 0 Å². The first kappa shape index (κ1) is 21.6. The highest BCUT2D eigenvalue weighted by molar-refractivity contribution is 7.89. The van der Waals surface area contributed by atoms with Crippen LogP contribution in [0.2, 0.25) is 0 Å². The van der Waals surface area contributed by atoms with Crippen molar-refractivity contribution in [2.24, 2.45) is 5.92 Å². The number of nitrogens with one attached hydrogen (secondary N) is 3. The van der Waals surface area contributed by atoms with Crippen molar-refractivity contribution in [1.82, 2.24) is 10.0 Å². The van der Waals surface area contributed by atoms with Crippen LogP contribution in [0, 0.1) is 5.92 Å². The number of rotatable bonds is 8. The van der Waals surface area contributed by atoms with Crippen molar-refractivity contribution in [2.45, 2.75) is 44.7 Å². The SMILES string of the molecule is CC(=O)Nc1ccc(S(=O)(=O)NC(C)C(=O)N[C@@H](C(=O)O)C(C)C)cc1. The minimum absolute atomic E-state index is 0.0927. The molecule has 9 nitrogen and oxygen atoms in total. The number of carboxylic acids is 1. The molecular formula is C16H23N3O6S. The predicted molar refractivity (Wildman–Crippen MR) is 94.9 cm³/mol. The molecule has 0 spiro atoms. The lowest BCUT2D eigenvalue weighted by molar-refractivity contribution is -0.143. The molecule has 10 heteroatoms. The van der Waals surface area contributed by atoms with Crippen LogP contribution in [0.15, 0.2) is 29.2 Å². The fraction of sp³-hybridized carbons (Fsp3) is 0.438. The van der Waals surface area contributed by atoms with Crippen LogP contribution in [0.1, 0.15) is 27.7 Å². The van der Waals surface area contributed by atoms with E-state index in [1.807, 2.05) is 0 Å². The van der Waals surface area contributed by atoms with Crippen LogP contribution in [-0.4, -0.2) is 43.4 Å². The predicted octanol–water partition coefficient (Wildman–Crippen LogP) is 0.537. The third-order valence-electron chi connectivity index (χ3n) is 3.44. The summed E-state index contributed by atoms with van der Waals surface area (Å²) in [5.74, 6) is -2.59. The maximum atomic E-state index is 12.3. The highest BCUT2D eigenvalue weighted by atomic mass is 32.2. The number of anilines is 1. The summed E-state index contributed by atoms with van der Waals surface area (Å²) in [6.07, 6.45) is 0. The van der Waals surface area contributed by atoms with E-state index in [1.54, 1.807) is 13.8 Å². The maximum absolute atomic E-state index is 12.3. The van der Waals surface area contributed by atoms with E-state index in [0.717, 1.165) is 0 Å². The summed E-state index contributed by atoms with van der Waals surface area (Å²) < 4.78 is 26.9. The van der Waals surface area contributed by atoms with E-state index in [-0.39, 0.29) is 16.7 Å². The standard InChI is InChI=1S/C16H23N3O6S/c1-9(2)14(16(22)23)18-15(21)10(3)19-26(24,25)13-7-5-12(6-8-13)17-11(4)20/h5-10,14,19H,1-4H3,(H,17,20)(H,18,21)(H,22,23)/t10?,14-/m1/s1. The first-order valence-electron chi connectivity index (χ1n) is 7.87. The Labute approximate surface area is 152 Å². The van der Waals surface area contributed by atoms with Gasteiger partial charge in [-0.05, 0) is 37.1 Å². The fourth-order valence-corrected chi connectivity index (χ4v) is 3.27. The first-order valence-corrected chi connectivity index (χ1v) is 9.35. The minimum atomic E-state index is -4.00. The molecule has 1 rings (SSSR count). The van der Waals surface area contributed by atoms with Gasteiger partial charge in [-0.2, -0.15) is 4.72 Å². The van der Waals surface area contributed by atoms with Gasteiger partial charge in [0.1, 0.15) is 6.04 Å². The molecule has 1 aromatic carbocycles. The average molecular weight is 385 g/mol. The summed E-state index contributed by atoms with van der Waals surface area (Å²) in [7, 11) is -4.00. The van der Waals surface area contributed by atoms with E-state index < -0.39 is 34.0 Å². The average Bonchev–Trinajstić information content (AvgIpc) is 2.51. The molecule has 0 aliphatic heterocycles. The van der Waals surface area contributed by atoms with E-state index in [1.165, 1.54) is 38.1 Å². The number of hydrogen-bond acceptors (Lipinski definition) is 5. The van der Waals surface area contributed by atoms with E-state index in [9.17, 15) is 22.8 Å². The number of amides is 2. The maximum Gasteiger partial charge on any atom is 0.326 e. The molecule has 0 fully saturated rings. The summed E-state index contributed by atoms with van der Waals surface area (Å²) in [5, 5.41) is 13.9. The third-order valence-corrected chi connectivity index (χ3v) is 5.00. The second-order valence-corrected chi connectivity index (χ2v) is 7.83. The number of benzene rings is 1. The molecule has 0 saturated carbocycles. The molecule has 0 saturated heterocycles. The van der Waals surface area contributed by atoms with Gasteiger partial charge >= 0.3 is 5.97 Å². The molecule has 0 aliphatic carbocycles. The number of sulfonamides is 1. The van der Waals surface area contributed by atoms with Gasteiger partial charge in [0.15, 0.2) is 0 Å². The van der Waals surface area contributed by atoms with Crippen molar-refractivity contribution < 1.29 is 27.9 Å². The van der Waals surface area contributed by atoms with Gasteiger partial charge in [-0.1, -0.05) is 13.8 Å². The van der Waals surface area contributed by atoms with Gasteiger partial charge in [-0.3, -0.25) is 9.59 Å². The van der Waals surface area contributed by atoms with Gasteiger partial charge in [-0.25, -0.2) is 13.2 Å². The molecule has 0 aliphatic rings. The Morgan fingerprint density at radius 3 is 2.00 bits per heavy atom. The fourth-order valence-electron chi connectivity index (χ4n) is 2.07. The number of aliphatic carboxylic acids is 1.